The fraction of sp³-hybridized carbons (Fsp3) is 0.111. The van der Waals surface area contributed by atoms with E-state index in [1.54, 1.807) is 18.5 Å². The molecule has 0 atom stereocenters. The van der Waals surface area contributed by atoms with Crippen LogP contribution in [0.3, 0.4) is 0 Å². The highest BCUT2D eigenvalue weighted by atomic mass is 19.2. The Hall–Kier alpha value is -3.09. The molecule has 3 rings (SSSR count). The van der Waals surface area contributed by atoms with Crippen molar-refractivity contribution >= 4 is 11.6 Å². The number of benzene rings is 2. The summed E-state index contributed by atoms with van der Waals surface area (Å²) < 4.78 is 41.7. The Morgan fingerprint density at radius 3 is 2.36 bits per heavy atom. The normalized spacial score (nSPS) is 10.8. The molecule has 0 aliphatic heterocycles. The van der Waals surface area contributed by atoms with Gasteiger partial charge in [0.1, 0.15) is 0 Å². The first-order valence-electron chi connectivity index (χ1n) is 7.46. The van der Waals surface area contributed by atoms with E-state index in [1.807, 2.05) is 30.3 Å². The number of rotatable bonds is 3. The summed E-state index contributed by atoms with van der Waals surface area (Å²) in [5, 5.41) is 6.59. The molecule has 2 aromatic carbocycles. The van der Waals surface area contributed by atoms with Crippen LogP contribution in [0.2, 0.25) is 0 Å². The van der Waals surface area contributed by atoms with Gasteiger partial charge >= 0.3 is 0 Å². The van der Waals surface area contributed by atoms with Crippen molar-refractivity contribution in [3.8, 4) is 5.69 Å². The molecule has 25 heavy (non-hydrogen) atoms. The molecule has 0 saturated heterocycles. The van der Waals surface area contributed by atoms with Crippen LogP contribution in [-0.4, -0.2) is 15.7 Å². The van der Waals surface area contributed by atoms with Gasteiger partial charge in [-0.15, -0.1) is 0 Å². The average molecular weight is 345 g/mol. The predicted octanol–water partition coefficient (Wildman–Crippen LogP) is 4.16. The lowest BCUT2D eigenvalue weighted by atomic mass is 10.1. The number of nitrogens with one attached hydrogen (secondary N) is 1. The zero-order valence-corrected chi connectivity index (χ0v) is 13.5. The number of hydrogen-bond donors (Lipinski definition) is 1. The van der Waals surface area contributed by atoms with Crippen LogP contribution in [-0.2, 0) is 0 Å². The zero-order valence-electron chi connectivity index (χ0n) is 13.5. The number of halogens is 3. The van der Waals surface area contributed by atoms with E-state index in [0.717, 1.165) is 17.8 Å². The minimum absolute atomic E-state index is 0.244. The number of aromatic nitrogens is 2. The van der Waals surface area contributed by atoms with Gasteiger partial charge in [0.2, 0.25) is 0 Å². The Morgan fingerprint density at radius 2 is 1.68 bits per heavy atom. The third-order valence-corrected chi connectivity index (χ3v) is 3.80. The minimum Gasteiger partial charge on any atom is -0.319 e. The van der Waals surface area contributed by atoms with Gasteiger partial charge in [0, 0.05) is 0 Å². The fourth-order valence-electron chi connectivity index (χ4n) is 2.60. The van der Waals surface area contributed by atoms with E-state index in [9.17, 15) is 18.0 Å². The zero-order chi connectivity index (χ0) is 18.1. The summed E-state index contributed by atoms with van der Waals surface area (Å²) in [4.78, 5) is 12.5. The quantitative estimate of drug-likeness (QED) is 0.725. The number of para-hydroxylation sites is 1. The number of hydrogen-bond acceptors (Lipinski definition) is 2. The summed E-state index contributed by atoms with van der Waals surface area (Å²) in [6.07, 6.45) is 0. The number of anilines is 1. The maximum atomic E-state index is 13.8. The molecule has 0 aliphatic rings. The number of nitrogens with zero attached hydrogens (tertiary/aromatic N) is 2. The molecule has 0 spiro atoms. The highest BCUT2D eigenvalue weighted by Gasteiger charge is 2.22. The molecule has 1 heterocycles. The summed E-state index contributed by atoms with van der Waals surface area (Å²) in [5.74, 6) is -5.05. The second-order valence-corrected chi connectivity index (χ2v) is 5.47. The molecule has 1 N–H and O–H groups in total. The van der Waals surface area contributed by atoms with Crippen molar-refractivity contribution in [3.05, 3.63) is 76.9 Å². The molecule has 0 radical (unpaired) electrons. The highest BCUT2D eigenvalue weighted by Crippen LogP contribution is 2.23. The van der Waals surface area contributed by atoms with Crippen LogP contribution < -0.4 is 5.32 Å². The second-order valence-electron chi connectivity index (χ2n) is 5.47. The van der Waals surface area contributed by atoms with E-state index in [-0.39, 0.29) is 5.56 Å². The van der Waals surface area contributed by atoms with E-state index in [4.69, 9.17) is 0 Å². The molecule has 1 amide bonds. The van der Waals surface area contributed by atoms with Crippen LogP contribution in [0.5, 0.6) is 0 Å². The molecule has 0 unspecified atom stereocenters. The monoisotopic (exact) mass is 345 g/mol. The van der Waals surface area contributed by atoms with Gasteiger partial charge in [-0.1, -0.05) is 18.2 Å². The maximum absolute atomic E-state index is 13.8. The summed E-state index contributed by atoms with van der Waals surface area (Å²) in [6, 6.07) is 10.9. The van der Waals surface area contributed by atoms with Crippen LogP contribution in [0.4, 0.5) is 18.9 Å². The largest absolute Gasteiger partial charge is 0.319 e. The van der Waals surface area contributed by atoms with Gasteiger partial charge in [-0.25, -0.2) is 17.9 Å². The molecule has 7 heteroatoms. The Balaban J connectivity index is 1.96. The van der Waals surface area contributed by atoms with E-state index in [1.165, 1.54) is 0 Å². The van der Waals surface area contributed by atoms with Crippen molar-refractivity contribution in [1.82, 2.24) is 9.78 Å². The lowest BCUT2D eigenvalue weighted by Gasteiger charge is -2.08. The van der Waals surface area contributed by atoms with Crippen molar-refractivity contribution in [3.63, 3.8) is 0 Å². The summed E-state index contributed by atoms with van der Waals surface area (Å²) in [6.45, 7) is 3.34. The van der Waals surface area contributed by atoms with E-state index >= 15 is 0 Å². The van der Waals surface area contributed by atoms with Crippen LogP contribution in [0.25, 0.3) is 5.69 Å². The molecule has 1 aromatic heterocycles. The van der Waals surface area contributed by atoms with Gasteiger partial charge in [-0.3, -0.25) is 4.79 Å². The SMILES string of the molecule is Cc1nn(-c2ccccc2)c(C)c1C(=O)Nc1ccc(F)c(F)c1F. The predicted molar refractivity (Wildman–Crippen MR) is 87.3 cm³/mol. The standard InChI is InChI=1S/C18H14F3N3O/c1-10-15(11(2)24(23-10)12-6-4-3-5-7-12)18(25)22-14-9-8-13(19)16(20)17(14)21/h3-9H,1-2H3,(H,22,25). The van der Waals surface area contributed by atoms with Crippen LogP contribution >= 0.6 is 0 Å². The van der Waals surface area contributed by atoms with E-state index < -0.39 is 29.0 Å². The first-order chi connectivity index (χ1) is 11.9. The smallest absolute Gasteiger partial charge is 0.259 e. The first-order valence-corrected chi connectivity index (χ1v) is 7.46. The topological polar surface area (TPSA) is 46.9 Å². The van der Waals surface area contributed by atoms with Gasteiger partial charge in [0.25, 0.3) is 5.91 Å². The van der Waals surface area contributed by atoms with Gasteiger partial charge in [0.05, 0.1) is 28.3 Å². The molecule has 0 saturated carbocycles. The summed E-state index contributed by atoms with van der Waals surface area (Å²) in [5.41, 5.74) is 1.55. The van der Waals surface area contributed by atoms with Gasteiger partial charge in [-0.2, -0.15) is 5.10 Å². The van der Waals surface area contributed by atoms with E-state index in [0.29, 0.717) is 11.4 Å². The Labute approximate surface area is 141 Å². The molecule has 128 valence electrons. The van der Waals surface area contributed by atoms with Crippen molar-refractivity contribution in [2.24, 2.45) is 0 Å². The van der Waals surface area contributed by atoms with Gasteiger partial charge < -0.3 is 5.32 Å². The highest BCUT2D eigenvalue weighted by molar-refractivity contribution is 6.06. The van der Waals surface area contributed by atoms with Gasteiger partial charge in [0.15, 0.2) is 17.5 Å². The van der Waals surface area contributed by atoms with Crippen molar-refractivity contribution in [1.29, 1.82) is 0 Å². The average Bonchev–Trinajstić information content (AvgIpc) is 2.90. The van der Waals surface area contributed by atoms with Crippen molar-refractivity contribution in [2.45, 2.75) is 13.8 Å². The fourth-order valence-corrected chi connectivity index (χ4v) is 2.60. The Morgan fingerprint density at radius 1 is 1.00 bits per heavy atom. The molecule has 3 aromatic rings. The third kappa shape index (κ3) is 3.00. The van der Waals surface area contributed by atoms with Gasteiger partial charge in [-0.05, 0) is 38.1 Å². The van der Waals surface area contributed by atoms with Crippen LogP contribution in [0.1, 0.15) is 21.7 Å². The summed E-state index contributed by atoms with van der Waals surface area (Å²) in [7, 11) is 0. The van der Waals surface area contributed by atoms with Crippen LogP contribution in [0, 0.1) is 31.3 Å². The van der Waals surface area contributed by atoms with Crippen molar-refractivity contribution < 1.29 is 18.0 Å². The number of carbonyl (C=O) groups excluding carboxylic acids is 1. The molecular weight excluding hydrogens is 331 g/mol. The van der Waals surface area contributed by atoms with E-state index in [2.05, 4.69) is 10.4 Å². The molecule has 0 aliphatic carbocycles. The number of amides is 1. The van der Waals surface area contributed by atoms with Crippen molar-refractivity contribution in [2.75, 3.05) is 5.32 Å². The molecule has 0 bridgehead atoms. The minimum atomic E-state index is -1.63. The molecular formula is C18H14F3N3O. The van der Waals surface area contributed by atoms with Crippen LogP contribution in [0.15, 0.2) is 42.5 Å². The Bertz CT molecular complexity index is 952. The third-order valence-electron chi connectivity index (χ3n) is 3.80. The molecule has 0 fully saturated rings. The lowest BCUT2D eigenvalue weighted by molar-refractivity contribution is 0.102. The number of aryl methyl sites for hydroxylation is 1. The first kappa shape index (κ1) is 16.8. The second kappa shape index (κ2) is 6.43. The summed E-state index contributed by atoms with van der Waals surface area (Å²) >= 11 is 0. The maximum Gasteiger partial charge on any atom is 0.259 e. The number of carbonyl (C=O) groups is 1. The lowest BCUT2D eigenvalue weighted by Crippen LogP contribution is -2.16. The molecule has 4 nitrogen and oxygen atoms in total. The Kier molecular flexibility index (Phi) is 4.31.